The molecule has 102 valence electrons. The van der Waals surface area contributed by atoms with Gasteiger partial charge in [0.25, 0.3) is 0 Å². The molecule has 0 spiro atoms. The van der Waals surface area contributed by atoms with Crippen LogP contribution in [0, 0.1) is 16.7 Å². The van der Waals surface area contributed by atoms with Crippen LogP contribution in [0.5, 0.6) is 0 Å². The Morgan fingerprint density at radius 3 is 2.44 bits per heavy atom. The zero-order valence-electron chi connectivity index (χ0n) is 12.0. The van der Waals surface area contributed by atoms with Gasteiger partial charge < -0.3 is 4.90 Å². The van der Waals surface area contributed by atoms with Gasteiger partial charge in [0.15, 0.2) is 0 Å². The highest BCUT2D eigenvalue weighted by atomic mass is 16.2. The number of likely N-dealkylation sites (tertiary alicyclic amines) is 1. The van der Waals surface area contributed by atoms with Crippen molar-refractivity contribution < 1.29 is 4.79 Å². The molecule has 0 aromatic carbocycles. The standard InChI is InChI=1S/C15H26N2O/c1-4-13-10-8-7-9-11-17(13)14(18)15(5-2,6-3)12-16/h13H,4-11H2,1-3H3. The lowest BCUT2D eigenvalue weighted by Gasteiger charge is -2.35. The molecule has 0 radical (unpaired) electrons. The average Bonchev–Trinajstić information content (AvgIpc) is 2.66. The molecule has 0 saturated carbocycles. The molecule has 1 atom stereocenters. The van der Waals surface area contributed by atoms with Crippen LogP contribution in [0.2, 0.25) is 0 Å². The first-order valence-corrected chi connectivity index (χ1v) is 7.37. The minimum absolute atomic E-state index is 0.0729. The Balaban J connectivity index is 2.94. The number of nitrogens with zero attached hydrogens (tertiary/aromatic N) is 2. The predicted molar refractivity (Wildman–Crippen MR) is 72.9 cm³/mol. The SMILES string of the molecule is CCC1CCCCCN1C(=O)C(C#N)(CC)CC. The Morgan fingerprint density at radius 2 is 1.94 bits per heavy atom. The zero-order chi connectivity index (χ0) is 13.6. The summed E-state index contributed by atoms with van der Waals surface area (Å²) in [5, 5.41) is 9.41. The molecule has 1 amide bonds. The lowest BCUT2D eigenvalue weighted by molar-refractivity contribution is -0.142. The Bertz CT molecular complexity index is 315. The van der Waals surface area contributed by atoms with Crippen molar-refractivity contribution in [3.8, 4) is 6.07 Å². The predicted octanol–water partition coefficient (Wildman–Crippen LogP) is 3.50. The number of amides is 1. The van der Waals surface area contributed by atoms with Crippen LogP contribution in [-0.4, -0.2) is 23.4 Å². The first-order chi connectivity index (χ1) is 8.65. The van der Waals surface area contributed by atoms with Gasteiger partial charge in [0, 0.05) is 12.6 Å². The zero-order valence-corrected chi connectivity index (χ0v) is 12.0. The van der Waals surface area contributed by atoms with Crippen molar-refractivity contribution >= 4 is 5.91 Å². The molecule has 0 bridgehead atoms. The van der Waals surface area contributed by atoms with Crippen LogP contribution in [-0.2, 0) is 4.79 Å². The topological polar surface area (TPSA) is 44.1 Å². The van der Waals surface area contributed by atoms with Gasteiger partial charge in [-0.15, -0.1) is 0 Å². The largest absolute Gasteiger partial charge is 0.338 e. The summed E-state index contributed by atoms with van der Waals surface area (Å²) in [7, 11) is 0. The smallest absolute Gasteiger partial charge is 0.243 e. The highest BCUT2D eigenvalue weighted by Crippen LogP contribution is 2.31. The maximum atomic E-state index is 12.7. The van der Waals surface area contributed by atoms with Crippen LogP contribution in [0.4, 0.5) is 0 Å². The number of carbonyl (C=O) groups excluding carboxylic acids is 1. The fourth-order valence-corrected chi connectivity index (χ4v) is 2.90. The van der Waals surface area contributed by atoms with Crippen LogP contribution in [0.15, 0.2) is 0 Å². The van der Waals surface area contributed by atoms with Crippen molar-refractivity contribution in [2.24, 2.45) is 5.41 Å². The summed E-state index contributed by atoms with van der Waals surface area (Å²) >= 11 is 0. The molecule has 0 aromatic heterocycles. The van der Waals surface area contributed by atoms with E-state index in [4.69, 9.17) is 0 Å². The van der Waals surface area contributed by atoms with Gasteiger partial charge in [0.05, 0.1) is 6.07 Å². The summed E-state index contributed by atoms with van der Waals surface area (Å²) in [6, 6.07) is 2.62. The number of nitriles is 1. The quantitative estimate of drug-likeness (QED) is 0.766. The highest BCUT2D eigenvalue weighted by Gasteiger charge is 2.40. The first kappa shape index (κ1) is 15.0. The van der Waals surface area contributed by atoms with E-state index in [2.05, 4.69) is 13.0 Å². The Hall–Kier alpha value is -1.04. The molecule has 0 aromatic rings. The van der Waals surface area contributed by atoms with Crippen LogP contribution >= 0.6 is 0 Å². The molecule has 1 aliphatic rings. The minimum Gasteiger partial charge on any atom is -0.338 e. The highest BCUT2D eigenvalue weighted by molar-refractivity contribution is 5.85. The second kappa shape index (κ2) is 6.78. The molecule has 3 heteroatoms. The summed E-state index contributed by atoms with van der Waals surface area (Å²) in [6.07, 6.45) is 6.82. The maximum absolute atomic E-state index is 12.7. The number of hydrogen-bond acceptors (Lipinski definition) is 2. The van der Waals surface area contributed by atoms with Crippen LogP contribution in [0.1, 0.15) is 65.7 Å². The van der Waals surface area contributed by atoms with Gasteiger partial charge in [-0.2, -0.15) is 5.26 Å². The fraction of sp³-hybridized carbons (Fsp3) is 0.867. The van der Waals surface area contributed by atoms with Crippen molar-refractivity contribution in [3.05, 3.63) is 0 Å². The molecule has 1 rings (SSSR count). The molecule has 0 N–H and O–H groups in total. The average molecular weight is 250 g/mol. The summed E-state index contributed by atoms with van der Waals surface area (Å²) in [5.41, 5.74) is -0.794. The molecule has 0 aliphatic carbocycles. The van der Waals surface area contributed by atoms with Gasteiger partial charge in [-0.05, 0) is 32.1 Å². The van der Waals surface area contributed by atoms with E-state index in [1.165, 1.54) is 12.8 Å². The molecule has 1 fully saturated rings. The van der Waals surface area contributed by atoms with E-state index in [0.717, 1.165) is 25.8 Å². The van der Waals surface area contributed by atoms with Crippen molar-refractivity contribution in [1.29, 1.82) is 5.26 Å². The van der Waals surface area contributed by atoms with Crippen LogP contribution in [0.25, 0.3) is 0 Å². The second-order valence-electron chi connectivity index (χ2n) is 5.31. The lowest BCUT2D eigenvalue weighted by atomic mass is 9.82. The molecule has 1 heterocycles. The van der Waals surface area contributed by atoms with Crippen molar-refractivity contribution in [2.45, 2.75) is 71.8 Å². The maximum Gasteiger partial charge on any atom is 0.243 e. The second-order valence-corrected chi connectivity index (χ2v) is 5.31. The monoisotopic (exact) mass is 250 g/mol. The number of rotatable bonds is 4. The lowest BCUT2D eigenvalue weighted by Crippen LogP contribution is -2.47. The van der Waals surface area contributed by atoms with Gasteiger partial charge in [-0.3, -0.25) is 4.79 Å². The molecule has 18 heavy (non-hydrogen) atoms. The normalized spacial score (nSPS) is 21.2. The van der Waals surface area contributed by atoms with Gasteiger partial charge in [-0.1, -0.05) is 33.6 Å². The van der Waals surface area contributed by atoms with Gasteiger partial charge in [0.1, 0.15) is 5.41 Å². The third kappa shape index (κ3) is 2.85. The fourth-order valence-electron chi connectivity index (χ4n) is 2.90. The van der Waals surface area contributed by atoms with Gasteiger partial charge >= 0.3 is 0 Å². The van der Waals surface area contributed by atoms with E-state index in [0.29, 0.717) is 18.9 Å². The summed E-state index contributed by atoms with van der Waals surface area (Å²) in [5.74, 6) is 0.0729. The molecule has 3 nitrogen and oxygen atoms in total. The molecule has 1 saturated heterocycles. The Morgan fingerprint density at radius 1 is 1.28 bits per heavy atom. The van der Waals surface area contributed by atoms with E-state index < -0.39 is 5.41 Å². The van der Waals surface area contributed by atoms with E-state index >= 15 is 0 Å². The summed E-state index contributed by atoms with van der Waals surface area (Å²) in [4.78, 5) is 14.7. The van der Waals surface area contributed by atoms with E-state index in [-0.39, 0.29) is 5.91 Å². The Labute approximate surface area is 111 Å². The van der Waals surface area contributed by atoms with Gasteiger partial charge in [0.2, 0.25) is 5.91 Å². The van der Waals surface area contributed by atoms with Crippen molar-refractivity contribution in [3.63, 3.8) is 0 Å². The van der Waals surface area contributed by atoms with Crippen LogP contribution in [0.3, 0.4) is 0 Å². The van der Waals surface area contributed by atoms with E-state index in [1.54, 1.807) is 0 Å². The third-order valence-electron chi connectivity index (χ3n) is 4.44. The van der Waals surface area contributed by atoms with Crippen molar-refractivity contribution in [1.82, 2.24) is 4.90 Å². The first-order valence-electron chi connectivity index (χ1n) is 7.37. The molecule has 1 unspecified atom stereocenters. The third-order valence-corrected chi connectivity index (χ3v) is 4.44. The molecule has 1 aliphatic heterocycles. The number of carbonyl (C=O) groups is 1. The van der Waals surface area contributed by atoms with E-state index in [9.17, 15) is 10.1 Å². The summed E-state index contributed by atoms with van der Waals surface area (Å²) < 4.78 is 0. The molecular formula is C15H26N2O. The molecular weight excluding hydrogens is 224 g/mol. The summed E-state index contributed by atoms with van der Waals surface area (Å²) in [6.45, 7) is 6.87. The number of hydrogen-bond donors (Lipinski definition) is 0. The van der Waals surface area contributed by atoms with Gasteiger partial charge in [-0.25, -0.2) is 0 Å². The van der Waals surface area contributed by atoms with Crippen molar-refractivity contribution in [2.75, 3.05) is 6.54 Å². The Kier molecular flexibility index (Phi) is 5.65. The minimum atomic E-state index is -0.794. The van der Waals surface area contributed by atoms with Crippen LogP contribution < -0.4 is 0 Å². The van der Waals surface area contributed by atoms with E-state index in [1.807, 2.05) is 18.7 Å².